The van der Waals surface area contributed by atoms with Crippen molar-refractivity contribution >= 4 is 11.9 Å². The first-order chi connectivity index (χ1) is 4.46. The zero-order valence-corrected chi connectivity index (χ0v) is 12.9. The van der Waals surface area contributed by atoms with Crippen molar-refractivity contribution in [2.24, 2.45) is 0 Å². The second-order valence-corrected chi connectivity index (χ2v) is 1.53. The van der Waals surface area contributed by atoms with E-state index in [9.17, 15) is 19.8 Å². The minimum absolute atomic E-state index is 0. The molecule has 0 aliphatic rings. The second-order valence-electron chi connectivity index (χ2n) is 1.53. The van der Waals surface area contributed by atoms with Crippen LogP contribution in [0.2, 0.25) is 0 Å². The van der Waals surface area contributed by atoms with Crippen LogP contribution in [0.5, 0.6) is 0 Å². The minimum Gasteiger partial charge on any atom is -0.547 e. The normalized spacial score (nSPS) is 13.2. The van der Waals surface area contributed by atoms with Gasteiger partial charge in [-0.15, -0.1) is 0 Å². The molecular weight excluding hydrogens is 222 g/mol. The summed E-state index contributed by atoms with van der Waals surface area (Å²) in [6, 6.07) is 0. The van der Waals surface area contributed by atoms with Gasteiger partial charge in [-0.05, 0) is 0 Å². The average molecular weight is 226 g/mol. The number of carbonyl (C=O) groups excluding carboxylic acids is 2. The maximum atomic E-state index is 9.63. The van der Waals surface area contributed by atoms with E-state index in [2.05, 4.69) is 0 Å². The van der Waals surface area contributed by atoms with E-state index in [1.54, 1.807) is 0 Å². The Morgan fingerprint density at radius 1 is 0.917 bits per heavy atom. The first-order valence-corrected chi connectivity index (χ1v) is 2.24. The molecule has 6 nitrogen and oxygen atoms in total. The van der Waals surface area contributed by atoms with E-state index >= 15 is 0 Å². The molecule has 0 saturated heterocycles. The first kappa shape index (κ1) is 19.7. The second kappa shape index (κ2) is 9.68. The summed E-state index contributed by atoms with van der Waals surface area (Å²) < 4.78 is 0. The molecule has 8 heteroatoms. The van der Waals surface area contributed by atoms with Crippen molar-refractivity contribution in [1.29, 1.82) is 0 Å². The molecule has 0 bridgehead atoms. The van der Waals surface area contributed by atoms with E-state index in [1.807, 2.05) is 0 Å². The molecule has 0 aliphatic carbocycles. The molecule has 58 valence electrons. The number of rotatable bonds is 3. The summed E-state index contributed by atoms with van der Waals surface area (Å²) in [5.41, 5.74) is 0. The van der Waals surface area contributed by atoms with Gasteiger partial charge in [0.2, 0.25) is 0 Å². The number of carboxylic acids is 2. The van der Waals surface area contributed by atoms with Crippen LogP contribution >= 0.6 is 0 Å². The third-order valence-corrected chi connectivity index (χ3v) is 0.782. The molecule has 0 aromatic carbocycles. The fourth-order valence-electron chi connectivity index (χ4n) is 0.258. The van der Waals surface area contributed by atoms with Crippen molar-refractivity contribution in [1.82, 2.24) is 0 Å². The van der Waals surface area contributed by atoms with Crippen LogP contribution in [0.15, 0.2) is 0 Å². The zero-order valence-electron chi connectivity index (χ0n) is 6.68. The maximum absolute atomic E-state index is 9.63. The number of hydrogen-bond donors (Lipinski definition) is 2. The minimum atomic E-state index is -2.44. The van der Waals surface area contributed by atoms with Crippen LogP contribution in [0.4, 0.5) is 0 Å². The Morgan fingerprint density at radius 2 is 1.08 bits per heavy atom. The average Bonchev–Trinajstić information content (AvgIpc) is 1.84. The topological polar surface area (TPSA) is 121 Å². The maximum Gasteiger partial charge on any atom is 1.00 e. The molecule has 2 atom stereocenters. The molecule has 2 N–H and O–H groups in total. The fourth-order valence-corrected chi connectivity index (χ4v) is 0.258. The van der Waals surface area contributed by atoms with Crippen molar-refractivity contribution in [2.45, 2.75) is 12.2 Å². The third kappa shape index (κ3) is 7.53. The van der Waals surface area contributed by atoms with E-state index in [0.717, 1.165) is 0 Å². The predicted octanol–water partition coefficient (Wildman–Crippen LogP) is -10.8. The molecule has 0 aromatic rings. The van der Waals surface area contributed by atoms with Crippen LogP contribution in [0.1, 0.15) is 0 Å². The molecule has 0 rings (SSSR count). The van der Waals surface area contributed by atoms with Crippen LogP contribution in [0.3, 0.4) is 0 Å². The molecular formula is C4H4K2O6. The zero-order chi connectivity index (χ0) is 8.31. The van der Waals surface area contributed by atoms with Gasteiger partial charge in [0.15, 0.2) is 0 Å². The monoisotopic (exact) mass is 226 g/mol. The Morgan fingerprint density at radius 3 is 1.17 bits per heavy atom. The molecule has 0 amide bonds. The predicted molar refractivity (Wildman–Crippen MR) is 22.0 cm³/mol. The van der Waals surface area contributed by atoms with E-state index in [1.165, 1.54) is 0 Å². The Kier molecular flexibility index (Phi) is 15.9. The number of aliphatic hydroxyl groups is 2. The summed E-state index contributed by atoms with van der Waals surface area (Å²) in [6.07, 6.45) is -4.88. The molecule has 0 unspecified atom stereocenters. The Labute approximate surface area is 153 Å². The van der Waals surface area contributed by atoms with Gasteiger partial charge in [0.05, 0.1) is 11.9 Å². The van der Waals surface area contributed by atoms with Gasteiger partial charge in [-0.1, -0.05) is 0 Å². The molecule has 0 spiro atoms. The Balaban J connectivity index is -0.000000405. The Hall–Kier alpha value is 2.13. The number of carbonyl (C=O) groups is 2. The molecule has 0 fully saturated rings. The quantitative estimate of drug-likeness (QED) is 0.461. The van der Waals surface area contributed by atoms with Gasteiger partial charge in [-0.2, -0.15) is 0 Å². The molecule has 0 saturated carbocycles. The van der Waals surface area contributed by atoms with Crippen LogP contribution in [0.25, 0.3) is 0 Å². The van der Waals surface area contributed by atoms with Gasteiger partial charge in [0.25, 0.3) is 0 Å². The fraction of sp³-hybridized carbons (Fsp3) is 0.500. The van der Waals surface area contributed by atoms with Gasteiger partial charge in [0.1, 0.15) is 12.2 Å². The molecule has 0 aliphatic heterocycles. The number of aliphatic hydroxyl groups excluding tert-OH is 2. The largest absolute Gasteiger partial charge is 1.00 e. The summed E-state index contributed by atoms with van der Waals surface area (Å²) in [5, 5.41) is 35.7. The van der Waals surface area contributed by atoms with E-state index in [4.69, 9.17) is 10.2 Å². The molecule has 0 radical (unpaired) electrons. The number of aliphatic carboxylic acids is 2. The van der Waals surface area contributed by atoms with Gasteiger partial charge in [-0.3, -0.25) is 0 Å². The summed E-state index contributed by atoms with van der Waals surface area (Å²) in [5.74, 6) is -4.12. The van der Waals surface area contributed by atoms with Gasteiger partial charge in [0, 0.05) is 0 Å². The Bertz CT molecular complexity index is 142. The van der Waals surface area contributed by atoms with Crippen molar-refractivity contribution in [3.05, 3.63) is 0 Å². The molecule has 12 heavy (non-hydrogen) atoms. The van der Waals surface area contributed by atoms with Crippen molar-refractivity contribution < 1.29 is 133 Å². The van der Waals surface area contributed by atoms with Crippen LogP contribution in [-0.4, -0.2) is 34.4 Å². The van der Waals surface area contributed by atoms with Gasteiger partial charge < -0.3 is 30.0 Å². The van der Waals surface area contributed by atoms with Crippen LogP contribution in [0, 0.1) is 0 Å². The van der Waals surface area contributed by atoms with E-state index < -0.39 is 24.1 Å². The van der Waals surface area contributed by atoms with Crippen molar-refractivity contribution in [3.63, 3.8) is 0 Å². The molecule has 0 aromatic heterocycles. The first-order valence-electron chi connectivity index (χ1n) is 2.24. The van der Waals surface area contributed by atoms with E-state index in [0.29, 0.717) is 0 Å². The van der Waals surface area contributed by atoms with Gasteiger partial charge in [-0.25, -0.2) is 0 Å². The number of hydrogen-bond acceptors (Lipinski definition) is 6. The summed E-state index contributed by atoms with van der Waals surface area (Å²) >= 11 is 0. The summed E-state index contributed by atoms with van der Waals surface area (Å²) in [7, 11) is 0. The van der Waals surface area contributed by atoms with Crippen LogP contribution in [-0.2, 0) is 9.59 Å². The smallest absolute Gasteiger partial charge is 0.547 e. The van der Waals surface area contributed by atoms with Crippen molar-refractivity contribution in [3.8, 4) is 0 Å². The summed E-state index contributed by atoms with van der Waals surface area (Å²) in [6.45, 7) is 0. The summed E-state index contributed by atoms with van der Waals surface area (Å²) in [4.78, 5) is 19.3. The SMILES string of the molecule is O=C([O-])[C@@H](O)[C@@H](O)C(=O)[O-].[K+].[K+]. The van der Waals surface area contributed by atoms with Crippen molar-refractivity contribution in [2.75, 3.05) is 0 Å². The molecule has 0 heterocycles. The van der Waals surface area contributed by atoms with E-state index in [-0.39, 0.29) is 103 Å². The third-order valence-electron chi connectivity index (χ3n) is 0.782. The standard InChI is InChI=1S/C4H6O6.2K/c5-1(3(7)8)2(6)4(9)10;;/h1-2,5-6H,(H,7,8)(H,9,10);;/q;2*+1/p-2/t1-,2+;;. The van der Waals surface area contributed by atoms with Gasteiger partial charge >= 0.3 is 103 Å². The number of carboxylic acid groups (broad SMARTS) is 2. The van der Waals surface area contributed by atoms with Crippen LogP contribution < -0.4 is 113 Å².